The quantitative estimate of drug-likeness (QED) is 0.919. The first-order chi connectivity index (χ1) is 11.7. The number of nitrogens with zero attached hydrogens (tertiary/aromatic N) is 4. The van der Waals surface area contributed by atoms with E-state index in [0.717, 1.165) is 18.7 Å². The number of rotatable bonds is 4. The summed E-state index contributed by atoms with van der Waals surface area (Å²) in [5.41, 5.74) is 1.35. The molecule has 0 bridgehead atoms. The molecule has 1 aromatic carbocycles. The standard InChI is InChI=1S/C17H18ClN5O/c1-23-6-7-24-15(11-23)17(12-2-4-13(18)5-3-12)22-16-10-20-14(8-19)9-21-16/h2-5,9-10,15,17H,6-7,11H2,1H3,(H,21,22). The van der Waals surface area contributed by atoms with Crippen LogP contribution in [-0.4, -0.2) is 47.7 Å². The van der Waals surface area contributed by atoms with Gasteiger partial charge >= 0.3 is 0 Å². The van der Waals surface area contributed by atoms with E-state index in [1.165, 1.54) is 6.20 Å². The van der Waals surface area contributed by atoms with Crippen molar-refractivity contribution in [2.75, 3.05) is 32.1 Å². The molecule has 1 aliphatic rings. The van der Waals surface area contributed by atoms with Crippen molar-refractivity contribution in [2.24, 2.45) is 0 Å². The molecule has 0 amide bonds. The zero-order valence-electron chi connectivity index (χ0n) is 13.3. The molecular weight excluding hydrogens is 326 g/mol. The summed E-state index contributed by atoms with van der Waals surface area (Å²) in [6.45, 7) is 2.41. The average Bonchev–Trinajstić information content (AvgIpc) is 2.61. The molecule has 2 heterocycles. The summed E-state index contributed by atoms with van der Waals surface area (Å²) in [5.74, 6) is 0.603. The SMILES string of the molecule is CN1CCOC(C(Nc2cnc(C#N)cn2)c2ccc(Cl)cc2)C1. The van der Waals surface area contributed by atoms with Gasteiger partial charge in [0.05, 0.1) is 31.1 Å². The Hall–Kier alpha value is -2.20. The van der Waals surface area contributed by atoms with Crippen LogP contribution in [0.25, 0.3) is 0 Å². The first-order valence-electron chi connectivity index (χ1n) is 7.70. The van der Waals surface area contributed by atoms with Crippen molar-refractivity contribution in [3.05, 3.63) is 52.9 Å². The van der Waals surface area contributed by atoms with E-state index in [-0.39, 0.29) is 17.8 Å². The van der Waals surface area contributed by atoms with E-state index in [9.17, 15) is 0 Å². The minimum atomic E-state index is -0.0905. The Morgan fingerprint density at radius 3 is 2.75 bits per heavy atom. The van der Waals surface area contributed by atoms with Crippen LogP contribution in [0.3, 0.4) is 0 Å². The molecule has 0 radical (unpaired) electrons. The molecule has 0 saturated carbocycles. The summed E-state index contributed by atoms with van der Waals surface area (Å²) < 4.78 is 5.97. The Morgan fingerprint density at radius 1 is 1.33 bits per heavy atom. The van der Waals surface area contributed by atoms with E-state index in [2.05, 4.69) is 27.2 Å². The summed E-state index contributed by atoms with van der Waals surface area (Å²) in [5, 5.41) is 12.9. The molecule has 1 saturated heterocycles. The van der Waals surface area contributed by atoms with Crippen molar-refractivity contribution < 1.29 is 4.74 Å². The Balaban J connectivity index is 1.85. The second kappa shape index (κ2) is 7.58. The van der Waals surface area contributed by atoms with Crippen LogP contribution in [0.15, 0.2) is 36.7 Å². The maximum Gasteiger partial charge on any atom is 0.158 e. The zero-order valence-corrected chi connectivity index (χ0v) is 14.1. The van der Waals surface area contributed by atoms with Crippen molar-refractivity contribution in [3.63, 3.8) is 0 Å². The molecule has 2 aromatic rings. The monoisotopic (exact) mass is 343 g/mol. The number of nitriles is 1. The molecule has 1 aliphatic heterocycles. The van der Waals surface area contributed by atoms with Crippen molar-refractivity contribution in [1.29, 1.82) is 5.26 Å². The second-order valence-electron chi connectivity index (χ2n) is 5.74. The normalized spacial score (nSPS) is 19.5. The highest BCUT2D eigenvalue weighted by Gasteiger charge is 2.28. The van der Waals surface area contributed by atoms with Crippen LogP contribution >= 0.6 is 11.6 Å². The lowest BCUT2D eigenvalue weighted by Gasteiger charge is -2.36. The molecule has 2 unspecified atom stereocenters. The van der Waals surface area contributed by atoms with Gasteiger partial charge in [-0.15, -0.1) is 0 Å². The Labute approximate surface area is 146 Å². The van der Waals surface area contributed by atoms with Crippen molar-refractivity contribution in [2.45, 2.75) is 12.1 Å². The molecule has 124 valence electrons. The van der Waals surface area contributed by atoms with Gasteiger partial charge in [-0.3, -0.25) is 0 Å². The average molecular weight is 344 g/mol. The molecule has 6 nitrogen and oxygen atoms in total. The summed E-state index contributed by atoms with van der Waals surface area (Å²) in [6, 6.07) is 9.57. The maximum atomic E-state index is 8.84. The largest absolute Gasteiger partial charge is 0.373 e. The molecule has 0 spiro atoms. The van der Waals surface area contributed by atoms with Crippen LogP contribution in [0.4, 0.5) is 5.82 Å². The van der Waals surface area contributed by atoms with Gasteiger partial charge in [0.15, 0.2) is 5.69 Å². The van der Waals surface area contributed by atoms with Gasteiger partial charge in [-0.05, 0) is 24.7 Å². The van der Waals surface area contributed by atoms with Gasteiger partial charge in [-0.2, -0.15) is 5.26 Å². The van der Waals surface area contributed by atoms with Crippen molar-refractivity contribution >= 4 is 17.4 Å². The third-order valence-electron chi connectivity index (χ3n) is 3.97. The van der Waals surface area contributed by atoms with Gasteiger partial charge in [-0.1, -0.05) is 23.7 Å². The van der Waals surface area contributed by atoms with E-state index in [1.54, 1.807) is 6.20 Å². The Kier molecular flexibility index (Phi) is 5.26. The van der Waals surface area contributed by atoms with E-state index in [0.29, 0.717) is 17.4 Å². The predicted octanol–water partition coefficient (Wildman–Crippen LogP) is 2.49. The van der Waals surface area contributed by atoms with Crippen LogP contribution in [0, 0.1) is 11.3 Å². The minimum Gasteiger partial charge on any atom is -0.373 e. The number of likely N-dealkylation sites (N-methyl/N-ethyl adjacent to an activating group) is 1. The highest BCUT2D eigenvalue weighted by Crippen LogP contribution is 2.27. The smallest absolute Gasteiger partial charge is 0.158 e. The fraction of sp³-hybridized carbons (Fsp3) is 0.353. The van der Waals surface area contributed by atoms with Crippen LogP contribution in [0.1, 0.15) is 17.3 Å². The first-order valence-corrected chi connectivity index (χ1v) is 8.08. The molecule has 7 heteroatoms. The lowest BCUT2D eigenvalue weighted by atomic mass is 10.00. The predicted molar refractivity (Wildman–Crippen MR) is 91.8 cm³/mol. The number of benzene rings is 1. The lowest BCUT2D eigenvalue weighted by Crippen LogP contribution is -2.44. The maximum absolute atomic E-state index is 8.84. The van der Waals surface area contributed by atoms with Crippen molar-refractivity contribution in [3.8, 4) is 6.07 Å². The van der Waals surface area contributed by atoms with Gasteiger partial charge in [-0.25, -0.2) is 9.97 Å². The third kappa shape index (κ3) is 4.01. The topological polar surface area (TPSA) is 74.1 Å². The van der Waals surface area contributed by atoms with Crippen molar-refractivity contribution in [1.82, 2.24) is 14.9 Å². The molecule has 3 rings (SSSR count). The summed E-state index contributed by atoms with van der Waals surface area (Å²) in [7, 11) is 2.08. The van der Waals surface area contributed by atoms with Crippen LogP contribution in [-0.2, 0) is 4.74 Å². The number of halogens is 1. The van der Waals surface area contributed by atoms with Crippen LogP contribution in [0.2, 0.25) is 5.02 Å². The summed E-state index contributed by atoms with van der Waals surface area (Å²) in [6.07, 6.45) is 2.99. The molecular formula is C17H18ClN5O. The molecule has 2 atom stereocenters. The number of ether oxygens (including phenoxy) is 1. The number of nitrogens with one attached hydrogen (secondary N) is 1. The van der Waals surface area contributed by atoms with Gasteiger partial charge in [0.25, 0.3) is 0 Å². The van der Waals surface area contributed by atoms with Crippen LogP contribution < -0.4 is 5.32 Å². The zero-order chi connectivity index (χ0) is 16.9. The van der Waals surface area contributed by atoms with Gasteiger partial charge < -0.3 is 15.0 Å². The van der Waals surface area contributed by atoms with Gasteiger partial charge in [0.2, 0.25) is 0 Å². The second-order valence-corrected chi connectivity index (χ2v) is 6.18. The van der Waals surface area contributed by atoms with Crippen LogP contribution in [0.5, 0.6) is 0 Å². The first kappa shape index (κ1) is 16.7. The molecule has 1 fully saturated rings. The number of hydrogen-bond donors (Lipinski definition) is 1. The highest BCUT2D eigenvalue weighted by atomic mass is 35.5. The number of morpholine rings is 1. The number of hydrogen-bond acceptors (Lipinski definition) is 6. The minimum absolute atomic E-state index is 0.0256. The van der Waals surface area contributed by atoms with E-state index in [1.807, 2.05) is 30.3 Å². The lowest BCUT2D eigenvalue weighted by molar-refractivity contribution is -0.0292. The summed E-state index contributed by atoms with van der Waals surface area (Å²) in [4.78, 5) is 10.6. The Bertz CT molecular complexity index is 713. The van der Waals surface area contributed by atoms with Gasteiger partial charge in [0.1, 0.15) is 11.9 Å². The fourth-order valence-corrected chi connectivity index (χ4v) is 2.82. The van der Waals surface area contributed by atoms with Gasteiger partial charge in [0, 0.05) is 18.1 Å². The third-order valence-corrected chi connectivity index (χ3v) is 4.22. The highest BCUT2D eigenvalue weighted by molar-refractivity contribution is 6.30. The molecule has 0 aliphatic carbocycles. The van der Waals surface area contributed by atoms with E-state index < -0.39 is 0 Å². The summed E-state index contributed by atoms with van der Waals surface area (Å²) >= 11 is 6.01. The fourth-order valence-electron chi connectivity index (χ4n) is 2.69. The molecule has 24 heavy (non-hydrogen) atoms. The van der Waals surface area contributed by atoms with E-state index in [4.69, 9.17) is 21.6 Å². The molecule has 1 aromatic heterocycles. The van der Waals surface area contributed by atoms with E-state index >= 15 is 0 Å². The number of aromatic nitrogens is 2. The number of anilines is 1. The Morgan fingerprint density at radius 2 is 2.12 bits per heavy atom. The molecule has 1 N–H and O–H groups in total.